The van der Waals surface area contributed by atoms with Crippen molar-refractivity contribution in [3.05, 3.63) is 70.8 Å². The molecule has 1 fully saturated rings. The summed E-state index contributed by atoms with van der Waals surface area (Å²) in [6, 6.07) is 13.8. The van der Waals surface area contributed by atoms with Crippen molar-refractivity contribution >= 4 is 17.7 Å². The summed E-state index contributed by atoms with van der Waals surface area (Å²) in [6.07, 6.45) is 1.32. The lowest BCUT2D eigenvalue weighted by Gasteiger charge is -2.27. The number of carboxylic acid groups (broad SMARTS) is 1. The molecule has 0 radical (unpaired) electrons. The maximum Gasteiger partial charge on any atom is 0.308 e. The fourth-order valence-corrected chi connectivity index (χ4v) is 3.61. The normalized spacial score (nSPS) is 15.5. The highest BCUT2D eigenvalue weighted by molar-refractivity contribution is 6.15. The summed E-state index contributed by atoms with van der Waals surface area (Å²) in [5, 5.41) is 12.3. The van der Waals surface area contributed by atoms with Gasteiger partial charge in [0.1, 0.15) is 0 Å². The second-order valence-corrected chi connectivity index (χ2v) is 7.35. The number of hydrogen-bond donors (Lipinski definition) is 2. The Morgan fingerprint density at radius 1 is 1.03 bits per heavy atom. The van der Waals surface area contributed by atoms with E-state index in [1.54, 1.807) is 36.4 Å². The number of benzene rings is 2. The Balaban J connectivity index is 1.74. The third-order valence-electron chi connectivity index (χ3n) is 5.36. The molecule has 1 unspecified atom stereocenters. The molecule has 2 aromatic rings. The maximum absolute atomic E-state index is 12.9. The van der Waals surface area contributed by atoms with Crippen LogP contribution < -0.4 is 5.32 Å². The van der Waals surface area contributed by atoms with Crippen LogP contribution in [0.25, 0.3) is 0 Å². The van der Waals surface area contributed by atoms with Crippen molar-refractivity contribution in [1.29, 1.82) is 0 Å². The number of ether oxygens (including phenoxy) is 1. The smallest absolute Gasteiger partial charge is 0.308 e. The predicted octanol–water partition coefficient (Wildman–Crippen LogP) is 3.08. The minimum absolute atomic E-state index is 0.0197. The summed E-state index contributed by atoms with van der Waals surface area (Å²) >= 11 is 0. The molecule has 0 bridgehead atoms. The number of carbonyl (C=O) groups excluding carboxylic acids is 2. The molecule has 0 aliphatic carbocycles. The van der Waals surface area contributed by atoms with E-state index in [2.05, 4.69) is 5.32 Å². The van der Waals surface area contributed by atoms with E-state index in [0.29, 0.717) is 37.2 Å². The molecule has 0 spiro atoms. The van der Waals surface area contributed by atoms with Gasteiger partial charge in [0.25, 0.3) is 5.91 Å². The van der Waals surface area contributed by atoms with Crippen molar-refractivity contribution in [2.24, 2.45) is 11.8 Å². The highest BCUT2D eigenvalue weighted by Crippen LogP contribution is 2.24. The lowest BCUT2D eigenvalue weighted by atomic mass is 9.86. The molecular weight excluding hydrogens is 370 g/mol. The van der Waals surface area contributed by atoms with Gasteiger partial charge in [0.05, 0.1) is 11.5 Å². The average molecular weight is 395 g/mol. The van der Waals surface area contributed by atoms with Gasteiger partial charge in [0, 0.05) is 30.9 Å². The zero-order valence-corrected chi connectivity index (χ0v) is 16.4. The fraction of sp³-hybridized carbons (Fsp3) is 0.348. The van der Waals surface area contributed by atoms with E-state index in [1.165, 1.54) is 0 Å². The fourth-order valence-electron chi connectivity index (χ4n) is 3.61. The Labute approximate surface area is 169 Å². The number of rotatable bonds is 7. The Hall–Kier alpha value is -2.99. The summed E-state index contributed by atoms with van der Waals surface area (Å²) in [6.45, 7) is 3.03. The van der Waals surface area contributed by atoms with E-state index >= 15 is 0 Å². The van der Waals surface area contributed by atoms with Crippen molar-refractivity contribution in [2.75, 3.05) is 19.8 Å². The minimum Gasteiger partial charge on any atom is -0.481 e. The zero-order chi connectivity index (χ0) is 20.8. The minimum atomic E-state index is -0.929. The van der Waals surface area contributed by atoms with Crippen LogP contribution in [0, 0.1) is 18.8 Å². The Morgan fingerprint density at radius 2 is 1.66 bits per heavy atom. The van der Waals surface area contributed by atoms with Gasteiger partial charge in [-0.2, -0.15) is 0 Å². The number of ketones is 1. The van der Waals surface area contributed by atoms with Crippen LogP contribution in [-0.2, 0) is 9.53 Å². The van der Waals surface area contributed by atoms with E-state index in [1.807, 2.05) is 19.1 Å². The van der Waals surface area contributed by atoms with E-state index in [9.17, 15) is 19.5 Å². The summed E-state index contributed by atoms with van der Waals surface area (Å²) in [7, 11) is 0. The Morgan fingerprint density at radius 3 is 2.28 bits per heavy atom. The lowest BCUT2D eigenvalue weighted by molar-refractivity contribution is -0.144. The molecule has 1 aliphatic rings. The van der Waals surface area contributed by atoms with Crippen LogP contribution in [0.15, 0.2) is 48.5 Å². The van der Waals surface area contributed by atoms with Gasteiger partial charge in [0.15, 0.2) is 5.78 Å². The molecular formula is C23H25NO5. The van der Waals surface area contributed by atoms with Crippen LogP contribution >= 0.6 is 0 Å². The number of nitrogens with one attached hydrogen (secondary N) is 1. The van der Waals surface area contributed by atoms with E-state index in [4.69, 9.17) is 4.74 Å². The van der Waals surface area contributed by atoms with Crippen LogP contribution in [0.2, 0.25) is 0 Å². The maximum atomic E-state index is 12.9. The first kappa shape index (κ1) is 20.7. The first-order valence-corrected chi connectivity index (χ1v) is 9.76. The predicted molar refractivity (Wildman–Crippen MR) is 108 cm³/mol. The van der Waals surface area contributed by atoms with Gasteiger partial charge in [0.2, 0.25) is 0 Å². The highest BCUT2D eigenvalue weighted by atomic mass is 16.5. The third-order valence-corrected chi connectivity index (χ3v) is 5.36. The highest BCUT2D eigenvalue weighted by Gasteiger charge is 2.30. The first-order chi connectivity index (χ1) is 14.0. The van der Waals surface area contributed by atoms with Gasteiger partial charge >= 0.3 is 5.97 Å². The molecule has 1 aliphatic heterocycles. The topological polar surface area (TPSA) is 92.7 Å². The lowest BCUT2D eigenvalue weighted by Crippen LogP contribution is -2.39. The largest absolute Gasteiger partial charge is 0.481 e. The number of aryl methyl sites for hydroxylation is 1. The quantitative estimate of drug-likeness (QED) is 0.703. The van der Waals surface area contributed by atoms with Crippen molar-refractivity contribution < 1.29 is 24.2 Å². The van der Waals surface area contributed by atoms with Crippen LogP contribution in [-0.4, -0.2) is 42.5 Å². The van der Waals surface area contributed by atoms with Crippen LogP contribution in [0.5, 0.6) is 0 Å². The molecule has 1 atom stereocenters. The number of hydrogen-bond acceptors (Lipinski definition) is 4. The summed E-state index contributed by atoms with van der Waals surface area (Å²) < 4.78 is 5.30. The monoisotopic (exact) mass is 395 g/mol. The summed E-state index contributed by atoms with van der Waals surface area (Å²) in [4.78, 5) is 37.4. The van der Waals surface area contributed by atoms with Gasteiger partial charge < -0.3 is 15.2 Å². The molecule has 6 nitrogen and oxygen atoms in total. The molecule has 152 valence electrons. The standard InChI is InChI=1S/C23H25NO5/c1-15-6-8-17(9-7-15)21(25)18-4-2-3-5-19(18)22(26)24-14-20(23(27)28)16-10-12-29-13-11-16/h2-9,16,20H,10-14H2,1H3,(H,24,26)(H,27,28). The average Bonchev–Trinajstić information content (AvgIpc) is 2.74. The Kier molecular flexibility index (Phi) is 6.77. The van der Waals surface area contributed by atoms with Crippen LogP contribution in [0.1, 0.15) is 44.7 Å². The second-order valence-electron chi connectivity index (χ2n) is 7.35. The summed E-state index contributed by atoms with van der Waals surface area (Å²) in [5.74, 6) is -2.33. The van der Waals surface area contributed by atoms with Gasteiger partial charge in [-0.05, 0) is 31.7 Å². The molecule has 6 heteroatoms. The van der Waals surface area contributed by atoms with Crippen molar-refractivity contribution in [3.8, 4) is 0 Å². The SMILES string of the molecule is Cc1ccc(C(=O)c2ccccc2C(=O)NCC(C(=O)O)C2CCOCC2)cc1. The molecule has 2 aromatic carbocycles. The van der Waals surface area contributed by atoms with Crippen molar-refractivity contribution in [2.45, 2.75) is 19.8 Å². The number of carboxylic acids is 1. The molecule has 29 heavy (non-hydrogen) atoms. The van der Waals surface area contributed by atoms with E-state index in [0.717, 1.165) is 5.56 Å². The number of aliphatic carboxylic acids is 1. The Bertz CT molecular complexity index is 884. The van der Waals surface area contributed by atoms with Gasteiger partial charge in [-0.15, -0.1) is 0 Å². The van der Waals surface area contributed by atoms with Gasteiger partial charge in [-0.1, -0.05) is 48.0 Å². The molecule has 2 N–H and O–H groups in total. The molecule has 3 rings (SSSR count). The van der Waals surface area contributed by atoms with E-state index in [-0.39, 0.29) is 23.8 Å². The van der Waals surface area contributed by atoms with Crippen LogP contribution in [0.4, 0.5) is 0 Å². The third kappa shape index (κ3) is 5.09. The van der Waals surface area contributed by atoms with Gasteiger partial charge in [-0.25, -0.2) is 0 Å². The second kappa shape index (κ2) is 9.47. The number of carbonyl (C=O) groups is 3. The molecule has 1 amide bonds. The molecule has 1 heterocycles. The van der Waals surface area contributed by atoms with Crippen LogP contribution in [0.3, 0.4) is 0 Å². The van der Waals surface area contributed by atoms with Crippen molar-refractivity contribution in [1.82, 2.24) is 5.32 Å². The number of amides is 1. The first-order valence-electron chi connectivity index (χ1n) is 9.76. The molecule has 1 saturated heterocycles. The molecule has 0 saturated carbocycles. The summed E-state index contributed by atoms with van der Waals surface area (Å²) in [5.41, 5.74) is 2.09. The van der Waals surface area contributed by atoms with Crippen molar-refractivity contribution in [3.63, 3.8) is 0 Å². The van der Waals surface area contributed by atoms with E-state index < -0.39 is 17.8 Å². The molecule has 0 aromatic heterocycles. The zero-order valence-electron chi connectivity index (χ0n) is 16.4. The van der Waals surface area contributed by atoms with Gasteiger partial charge in [-0.3, -0.25) is 14.4 Å².